The minimum Gasteiger partial charge on any atom is -0.326 e. The van der Waals surface area contributed by atoms with E-state index in [0.29, 0.717) is 12.8 Å². The number of anilines is 1. The molecule has 0 atom stereocenters. The van der Waals surface area contributed by atoms with E-state index in [2.05, 4.69) is 5.32 Å². The molecule has 0 heterocycles. The molecule has 17 heavy (non-hydrogen) atoms. The van der Waals surface area contributed by atoms with Crippen molar-refractivity contribution in [1.82, 2.24) is 0 Å². The molecule has 0 bridgehead atoms. The van der Waals surface area contributed by atoms with Crippen LogP contribution in [0.5, 0.6) is 0 Å². The van der Waals surface area contributed by atoms with Gasteiger partial charge in [0.05, 0.1) is 0 Å². The number of amides is 1. The third-order valence-electron chi connectivity index (χ3n) is 3.49. The minimum absolute atomic E-state index is 0.0104. The number of carbonyl (C=O) groups excluding carboxylic acids is 2. The molecule has 1 fully saturated rings. The lowest BCUT2D eigenvalue weighted by molar-refractivity contribution is -0.122. The highest BCUT2D eigenvalue weighted by Gasteiger charge is 2.46. The molecule has 0 aromatic heterocycles. The maximum Gasteiger partial charge on any atom is 0.224 e. The number of hydrogen-bond donors (Lipinski definition) is 1. The van der Waals surface area contributed by atoms with E-state index < -0.39 is 0 Å². The zero-order valence-electron chi connectivity index (χ0n) is 10.0. The molecule has 0 unspecified atom stereocenters. The largest absolute Gasteiger partial charge is 0.326 e. The molecule has 1 amide bonds. The second-order valence-corrected chi connectivity index (χ2v) is 4.75. The summed E-state index contributed by atoms with van der Waals surface area (Å²) in [7, 11) is 0. The Hall–Kier alpha value is -1.64. The van der Waals surface area contributed by atoms with E-state index in [4.69, 9.17) is 0 Å². The van der Waals surface area contributed by atoms with E-state index in [-0.39, 0.29) is 17.1 Å². The first kappa shape index (κ1) is 11.8. The van der Waals surface area contributed by atoms with Crippen LogP contribution in [0.15, 0.2) is 30.3 Å². The van der Waals surface area contributed by atoms with Gasteiger partial charge in [-0.15, -0.1) is 0 Å². The molecule has 2 rings (SSSR count). The molecule has 1 saturated carbocycles. The van der Waals surface area contributed by atoms with Crippen LogP contribution in [0, 0.1) is 5.41 Å². The summed E-state index contributed by atoms with van der Waals surface area (Å²) >= 11 is 0. The summed E-state index contributed by atoms with van der Waals surface area (Å²) in [5, 5.41) is 2.83. The Balaban J connectivity index is 1.81. The van der Waals surface area contributed by atoms with Gasteiger partial charge in [-0.1, -0.05) is 18.2 Å². The fraction of sp³-hybridized carbons (Fsp3) is 0.429. The summed E-state index contributed by atoms with van der Waals surface area (Å²) in [4.78, 5) is 23.1. The van der Waals surface area contributed by atoms with E-state index in [1.54, 1.807) is 6.92 Å². The van der Waals surface area contributed by atoms with Crippen molar-refractivity contribution in [2.45, 2.75) is 32.6 Å². The molecule has 1 aliphatic rings. The summed E-state index contributed by atoms with van der Waals surface area (Å²) in [5.41, 5.74) is 0.638. The van der Waals surface area contributed by atoms with Crippen molar-refractivity contribution < 1.29 is 9.59 Å². The number of ketones is 1. The van der Waals surface area contributed by atoms with E-state index >= 15 is 0 Å². The van der Waals surface area contributed by atoms with Crippen molar-refractivity contribution in [2.75, 3.05) is 5.32 Å². The lowest BCUT2D eigenvalue weighted by atomic mass is 9.96. The molecule has 0 spiro atoms. The monoisotopic (exact) mass is 231 g/mol. The molecule has 1 aromatic carbocycles. The molecule has 3 nitrogen and oxygen atoms in total. The van der Waals surface area contributed by atoms with Gasteiger partial charge in [-0.25, -0.2) is 0 Å². The molecular formula is C14H17NO2. The fourth-order valence-corrected chi connectivity index (χ4v) is 2.03. The quantitative estimate of drug-likeness (QED) is 0.847. The Morgan fingerprint density at radius 2 is 1.88 bits per heavy atom. The number of Topliss-reactive ketones (excluding diaryl/α,β-unsaturated/α-hetero) is 1. The standard InChI is InChI=1S/C14H17NO2/c1-11(16)14(9-10-14)8-7-13(17)15-12-5-3-2-4-6-12/h2-6H,7-10H2,1H3,(H,15,17). The number of rotatable bonds is 5. The van der Waals surface area contributed by atoms with E-state index in [9.17, 15) is 9.59 Å². The summed E-state index contributed by atoms with van der Waals surface area (Å²) in [6.07, 6.45) is 3.00. The number of nitrogens with one attached hydrogen (secondary N) is 1. The summed E-state index contributed by atoms with van der Waals surface area (Å²) in [6, 6.07) is 9.39. The predicted octanol–water partition coefficient (Wildman–Crippen LogP) is 2.77. The van der Waals surface area contributed by atoms with Crippen molar-refractivity contribution >= 4 is 17.4 Å². The molecule has 0 saturated heterocycles. The smallest absolute Gasteiger partial charge is 0.224 e. The Bertz CT molecular complexity index is 421. The predicted molar refractivity (Wildman–Crippen MR) is 66.7 cm³/mol. The average Bonchev–Trinajstić information content (AvgIpc) is 3.09. The molecule has 1 N–H and O–H groups in total. The Morgan fingerprint density at radius 3 is 2.41 bits per heavy atom. The highest BCUT2D eigenvalue weighted by molar-refractivity contribution is 5.91. The number of para-hydroxylation sites is 1. The van der Waals surface area contributed by atoms with Gasteiger partial charge in [-0.2, -0.15) is 0 Å². The van der Waals surface area contributed by atoms with E-state index in [1.807, 2.05) is 30.3 Å². The molecule has 1 aliphatic carbocycles. The van der Waals surface area contributed by atoms with Crippen LogP contribution >= 0.6 is 0 Å². The van der Waals surface area contributed by atoms with Crippen LogP contribution in [0.1, 0.15) is 32.6 Å². The van der Waals surface area contributed by atoms with Crippen LogP contribution in [0.3, 0.4) is 0 Å². The highest BCUT2D eigenvalue weighted by Crippen LogP contribution is 2.50. The maximum absolute atomic E-state index is 11.7. The zero-order chi connectivity index (χ0) is 12.3. The van der Waals surface area contributed by atoms with Gasteiger partial charge in [0.1, 0.15) is 5.78 Å². The Kier molecular flexibility index (Phi) is 3.27. The summed E-state index contributed by atoms with van der Waals surface area (Å²) in [5.74, 6) is 0.216. The Labute approximate surface area is 101 Å². The third-order valence-corrected chi connectivity index (χ3v) is 3.49. The lowest BCUT2D eigenvalue weighted by Gasteiger charge is -2.10. The maximum atomic E-state index is 11.7. The summed E-state index contributed by atoms with van der Waals surface area (Å²) < 4.78 is 0. The normalized spacial score (nSPS) is 16.3. The third kappa shape index (κ3) is 2.93. The minimum atomic E-state index is -0.173. The molecule has 1 aromatic rings. The van der Waals surface area contributed by atoms with Crippen molar-refractivity contribution in [2.24, 2.45) is 5.41 Å². The molecule has 90 valence electrons. The first-order valence-electron chi connectivity index (χ1n) is 5.98. The zero-order valence-corrected chi connectivity index (χ0v) is 10.0. The van der Waals surface area contributed by atoms with Gasteiger partial charge >= 0.3 is 0 Å². The first-order valence-corrected chi connectivity index (χ1v) is 5.98. The number of benzene rings is 1. The first-order chi connectivity index (χ1) is 8.12. The van der Waals surface area contributed by atoms with Gasteiger partial charge < -0.3 is 5.32 Å². The van der Waals surface area contributed by atoms with Crippen molar-refractivity contribution in [1.29, 1.82) is 0 Å². The van der Waals surface area contributed by atoms with Gasteiger partial charge in [-0.3, -0.25) is 9.59 Å². The fourth-order valence-electron chi connectivity index (χ4n) is 2.03. The second-order valence-electron chi connectivity index (χ2n) is 4.75. The SMILES string of the molecule is CC(=O)C1(CCC(=O)Nc2ccccc2)CC1. The van der Waals surface area contributed by atoms with Crippen LogP contribution in [-0.2, 0) is 9.59 Å². The van der Waals surface area contributed by atoms with Crippen molar-refractivity contribution in [3.63, 3.8) is 0 Å². The molecule has 0 radical (unpaired) electrons. The molecular weight excluding hydrogens is 214 g/mol. The van der Waals surface area contributed by atoms with Gasteiger partial charge in [0.2, 0.25) is 5.91 Å². The molecule has 3 heteroatoms. The van der Waals surface area contributed by atoms with Crippen LogP contribution < -0.4 is 5.32 Å². The topological polar surface area (TPSA) is 46.2 Å². The van der Waals surface area contributed by atoms with Crippen LogP contribution in [0.2, 0.25) is 0 Å². The van der Waals surface area contributed by atoms with E-state index in [0.717, 1.165) is 18.5 Å². The highest BCUT2D eigenvalue weighted by atomic mass is 16.1. The average molecular weight is 231 g/mol. The number of carbonyl (C=O) groups is 2. The van der Waals surface area contributed by atoms with Crippen LogP contribution in [-0.4, -0.2) is 11.7 Å². The Morgan fingerprint density at radius 1 is 1.24 bits per heavy atom. The lowest BCUT2D eigenvalue weighted by Crippen LogP contribution is -2.17. The van der Waals surface area contributed by atoms with Crippen LogP contribution in [0.4, 0.5) is 5.69 Å². The van der Waals surface area contributed by atoms with Gasteiger partial charge in [-0.05, 0) is 38.3 Å². The second kappa shape index (κ2) is 4.70. The van der Waals surface area contributed by atoms with Gasteiger partial charge in [0.25, 0.3) is 0 Å². The number of hydrogen-bond acceptors (Lipinski definition) is 2. The van der Waals surface area contributed by atoms with E-state index in [1.165, 1.54) is 0 Å². The van der Waals surface area contributed by atoms with Gasteiger partial charge in [0, 0.05) is 17.5 Å². The van der Waals surface area contributed by atoms with Crippen LogP contribution in [0.25, 0.3) is 0 Å². The van der Waals surface area contributed by atoms with Crippen molar-refractivity contribution in [3.8, 4) is 0 Å². The molecule has 0 aliphatic heterocycles. The van der Waals surface area contributed by atoms with Crippen molar-refractivity contribution in [3.05, 3.63) is 30.3 Å². The summed E-state index contributed by atoms with van der Waals surface area (Å²) in [6.45, 7) is 1.63. The van der Waals surface area contributed by atoms with Gasteiger partial charge in [0.15, 0.2) is 0 Å².